The monoisotopic (exact) mass is 286 g/mol. The van der Waals surface area contributed by atoms with Crippen LogP contribution in [0.25, 0.3) is 0 Å². The summed E-state index contributed by atoms with van der Waals surface area (Å²) in [6.07, 6.45) is 1.27. The average Bonchev–Trinajstić information content (AvgIpc) is 2.82. The smallest absolute Gasteiger partial charge is 0.237 e. The maximum atomic E-state index is 12.9. The lowest BCUT2D eigenvalue weighted by atomic mass is 10.1. The number of hydrogen-bond donors (Lipinski definition) is 2. The van der Waals surface area contributed by atoms with E-state index in [4.69, 9.17) is 0 Å². The van der Waals surface area contributed by atoms with Crippen molar-refractivity contribution in [1.82, 2.24) is 10.6 Å². The van der Waals surface area contributed by atoms with Crippen molar-refractivity contribution in [3.8, 4) is 0 Å². The highest BCUT2D eigenvalue weighted by molar-refractivity contribution is 5.85. The zero-order valence-electron chi connectivity index (χ0n) is 10.8. The summed E-state index contributed by atoms with van der Waals surface area (Å²) >= 11 is 0. The van der Waals surface area contributed by atoms with Gasteiger partial charge in [0.2, 0.25) is 5.91 Å². The van der Waals surface area contributed by atoms with Crippen LogP contribution in [0, 0.1) is 0 Å². The van der Waals surface area contributed by atoms with Crippen molar-refractivity contribution < 1.29 is 9.18 Å². The molecule has 0 aromatic heterocycles. The normalized spacial score (nSPS) is 21.7. The second-order valence-corrected chi connectivity index (χ2v) is 4.67. The lowest BCUT2D eigenvalue weighted by Gasteiger charge is -2.10. The first-order chi connectivity index (χ1) is 8.75. The number of carbonyl (C=O) groups is 1. The highest BCUT2D eigenvalue weighted by atomic mass is 35.5. The van der Waals surface area contributed by atoms with E-state index in [1.165, 1.54) is 5.56 Å². The average molecular weight is 287 g/mol. The highest BCUT2D eigenvalue weighted by Gasteiger charge is 2.28. The van der Waals surface area contributed by atoms with Crippen LogP contribution in [-0.4, -0.2) is 31.2 Å². The largest absolute Gasteiger partial charge is 0.355 e. The van der Waals surface area contributed by atoms with Crippen molar-refractivity contribution in [2.45, 2.75) is 31.5 Å². The molecule has 1 aliphatic heterocycles. The second-order valence-electron chi connectivity index (χ2n) is 4.67. The Kier molecular flexibility index (Phi) is 6.81. The number of aryl methyl sites for hydroxylation is 1. The molecule has 1 amide bonds. The van der Waals surface area contributed by atoms with Gasteiger partial charge in [0.15, 0.2) is 0 Å². The van der Waals surface area contributed by atoms with Crippen molar-refractivity contribution in [3.05, 3.63) is 35.9 Å². The fourth-order valence-electron chi connectivity index (χ4n) is 2.16. The van der Waals surface area contributed by atoms with E-state index in [1.807, 2.05) is 18.2 Å². The molecule has 1 fully saturated rings. The lowest BCUT2D eigenvalue weighted by Crippen LogP contribution is -2.40. The van der Waals surface area contributed by atoms with Crippen LogP contribution in [-0.2, 0) is 11.2 Å². The standard InChI is InChI=1S/C14H19FN2O.ClH/c15-12-9-13(17-10-12)14(18)16-8-4-7-11-5-2-1-3-6-11;/h1-3,5-6,12-13,17H,4,7-10H2,(H,16,18);1H/t12-,13+;/m1./s1. The molecule has 0 aliphatic carbocycles. The van der Waals surface area contributed by atoms with Crippen LogP contribution in [0.2, 0.25) is 0 Å². The number of nitrogens with one attached hydrogen (secondary N) is 2. The van der Waals surface area contributed by atoms with Gasteiger partial charge in [0.1, 0.15) is 6.17 Å². The summed E-state index contributed by atoms with van der Waals surface area (Å²) in [6.45, 7) is 0.935. The van der Waals surface area contributed by atoms with Gasteiger partial charge in [0.05, 0.1) is 6.04 Å². The molecule has 0 bridgehead atoms. The molecule has 1 aliphatic rings. The first-order valence-electron chi connectivity index (χ1n) is 6.45. The highest BCUT2D eigenvalue weighted by Crippen LogP contribution is 2.09. The summed E-state index contributed by atoms with van der Waals surface area (Å²) in [7, 11) is 0. The fourth-order valence-corrected chi connectivity index (χ4v) is 2.16. The lowest BCUT2D eigenvalue weighted by molar-refractivity contribution is -0.122. The van der Waals surface area contributed by atoms with E-state index in [0.717, 1.165) is 12.8 Å². The zero-order chi connectivity index (χ0) is 12.8. The molecule has 5 heteroatoms. The molecule has 106 valence electrons. The van der Waals surface area contributed by atoms with Crippen LogP contribution in [0.5, 0.6) is 0 Å². The Morgan fingerprint density at radius 2 is 2.11 bits per heavy atom. The van der Waals surface area contributed by atoms with E-state index in [2.05, 4.69) is 22.8 Å². The van der Waals surface area contributed by atoms with Gasteiger partial charge in [-0.25, -0.2) is 4.39 Å². The van der Waals surface area contributed by atoms with Gasteiger partial charge in [0.25, 0.3) is 0 Å². The molecule has 1 heterocycles. The van der Waals surface area contributed by atoms with E-state index >= 15 is 0 Å². The maximum Gasteiger partial charge on any atom is 0.237 e. The number of hydrogen-bond acceptors (Lipinski definition) is 2. The Bertz CT molecular complexity index is 388. The number of carbonyl (C=O) groups excluding carboxylic acids is 1. The van der Waals surface area contributed by atoms with Crippen LogP contribution in [0.3, 0.4) is 0 Å². The number of rotatable bonds is 5. The molecule has 1 aromatic carbocycles. The van der Waals surface area contributed by atoms with Gasteiger partial charge in [-0.1, -0.05) is 30.3 Å². The molecule has 2 rings (SSSR count). The van der Waals surface area contributed by atoms with Crippen molar-refractivity contribution >= 4 is 18.3 Å². The molecule has 3 nitrogen and oxygen atoms in total. The Labute approximate surface area is 119 Å². The minimum Gasteiger partial charge on any atom is -0.355 e. The van der Waals surface area contributed by atoms with E-state index in [0.29, 0.717) is 19.5 Å². The molecule has 0 unspecified atom stereocenters. The summed E-state index contributed by atoms with van der Waals surface area (Å²) in [6, 6.07) is 9.82. The van der Waals surface area contributed by atoms with Crippen molar-refractivity contribution in [3.63, 3.8) is 0 Å². The third kappa shape index (κ3) is 5.17. The van der Waals surface area contributed by atoms with Gasteiger partial charge in [-0.3, -0.25) is 4.79 Å². The van der Waals surface area contributed by atoms with E-state index in [1.54, 1.807) is 0 Å². The van der Waals surface area contributed by atoms with Gasteiger partial charge >= 0.3 is 0 Å². The molecule has 0 saturated carbocycles. The Hall–Kier alpha value is -1.13. The van der Waals surface area contributed by atoms with Crippen molar-refractivity contribution in [2.24, 2.45) is 0 Å². The van der Waals surface area contributed by atoms with Gasteiger partial charge in [-0.2, -0.15) is 0 Å². The van der Waals surface area contributed by atoms with Crippen LogP contribution in [0.15, 0.2) is 30.3 Å². The first kappa shape index (κ1) is 15.9. The molecule has 2 N–H and O–H groups in total. The Morgan fingerprint density at radius 3 is 2.74 bits per heavy atom. The Balaban J connectivity index is 0.00000180. The van der Waals surface area contributed by atoms with Crippen LogP contribution < -0.4 is 10.6 Å². The summed E-state index contributed by atoms with van der Waals surface area (Å²) in [5.41, 5.74) is 1.27. The van der Waals surface area contributed by atoms with E-state index < -0.39 is 6.17 Å². The molecule has 1 aromatic rings. The molecular weight excluding hydrogens is 267 g/mol. The minimum absolute atomic E-state index is 0. The summed E-state index contributed by atoms with van der Waals surface area (Å²) in [5, 5.41) is 5.72. The molecule has 1 saturated heterocycles. The summed E-state index contributed by atoms with van der Waals surface area (Å²) < 4.78 is 12.9. The van der Waals surface area contributed by atoms with Gasteiger partial charge in [0, 0.05) is 19.5 Å². The van der Waals surface area contributed by atoms with Gasteiger partial charge in [-0.05, 0) is 18.4 Å². The number of halogens is 2. The summed E-state index contributed by atoms with van der Waals surface area (Å²) in [4.78, 5) is 11.7. The third-order valence-corrected chi connectivity index (χ3v) is 3.18. The van der Waals surface area contributed by atoms with Crippen molar-refractivity contribution in [2.75, 3.05) is 13.1 Å². The maximum absolute atomic E-state index is 12.9. The quantitative estimate of drug-likeness (QED) is 0.811. The SMILES string of the molecule is Cl.O=C(NCCCc1ccccc1)[C@@H]1C[C@@H](F)CN1. The summed E-state index contributed by atoms with van der Waals surface area (Å²) in [5.74, 6) is -0.0804. The van der Waals surface area contributed by atoms with Gasteiger partial charge in [-0.15, -0.1) is 12.4 Å². The zero-order valence-corrected chi connectivity index (χ0v) is 11.6. The predicted octanol–water partition coefficient (Wildman–Crippen LogP) is 1.86. The minimum atomic E-state index is -0.884. The predicted molar refractivity (Wildman–Crippen MR) is 76.3 cm³/mol. The number of amides is 1. The topological polar surface area (TPSA) is 41.1 Å². The molecule has 0 spiro atoms. The fraction of sp³-hybridized carbons (Fsp3) is 0.500. The second kappa shape index (κ2) is 8.12. The third-order valence-electron chi connectivity index (χ3n) is 3.18. The number of benzene rings is 1. The van der Waals surface area contributed by atoms with Gasteiger partial charge < -0.3 is 10.6 Å². The first-order valence-corrected chi connectivity index (χ1v) is 6.45. The molecule has 19 heavy (non-hydrogen) atoms. The van der Waals surface area contributed by atoms with Crippen LogP contribution >= 0.6 is 12.4 Å². The van der Waals surface area contributed by atoms with E-state index in [9.17, 15) is 9.18 Å². The molecule has 0 radical (unpaired) electrons. The van der Waals surface area contributed by atoms with E-state index in [-0.39, 0.29) is 24.4 Å². The Morgan fingerprint density at radius 1 is 1.37 bits per heavy atom. The molecule has 2 atom stereocenters. The van der Waals surface area contributed by atoms with Crippen molar-refractivity contribution in [1.29, 1.82) is 0 Å². The van der Waals surface area contributed by atoms with Crippen LogP contribution in [0.1, 0.15) is 18.4 Å². The number of alkyl halides is 1. The molecular formula is C14H20ClFN2O. The van der Waals surface area contributed by atoms with Crippen LogP contribution in [0.4, 0.5) is 4.39 Å².